The molecule has 1 N–H and O–H groups in total. The van der Waals surface area contributed by atoms with E-state index in [9.17, 15) is 0 Å². The summed E-state index contributed by atoms with van der Waals surface area (Å²) in [7, 11) is 0. The zero-order chi connectivity index (χ0) is 10.5. The number of hydrogen-bond acceptors (Lipinski definition) is 3. The van der Waals surface area contributed by atoms with E-state index in [1.807, 2.05) is 17.8 Å². The molecule has 1 aromatic heterocycles. The Morgan fingerprint density at radius 3 is 3.20 bits per heavy atom. The van der Waals surface area contributed by atoms with Gasteiger partial charge in [0.25, 0.3) is 0 Å². The van der Waals surface area contributed by atoms with E-state index in [0.29, 0.717) is 0 Å². The average molecular weight is 209 g/mol. The topological polar surface area (TPSA) is 39.1 Å². The molecule has 1 fully saturated rings. The van der Waals surface area contributed by atoms with Gasteiger partial charge in [-0.05, 0) is 25.8 Å². The number of rotatable bonds is 7. The molecule has 0 saturated heterocycles. The predicted octanol–water partition coefficient (Wildman–Crippen LogP) is 1.17. The number of nitrogens with one attached hydrogen (secondary N) is 1. The third-order valence-corrected chi connectivity index (χ3v) is 2.51. The fourth-order valence-corrected chi connectivity index (χ4v) is 1.46. The first-order valence-electron chi connectivity index (χ1n) is 5.72. The minimum atomic E-state index is 0.744. The first kappa shape index (κ1) is 10.6. The molecule has 2 rings (SSSR count). The lowest BCUT2D eigenvalue weighted by molar-refractivity contribution is 0.136. The second-order valence-corrected chi connectivity index (χ2v) is 3.92. The molecule has 1 aliphatic rings. The van der Waals surface area contributed by atoms with E-state index in [0.717, 1.165) is 38.0 Å². The van der Waals surface area contributed by atoms with Crippen LogP contribution >= 0.6 is 0 Å². The normalized spacial score (nSPS) is 15.8. The molecule has 1 aromatic rings. The molecule has 0 aromatic carbocycles. The number of aromatic nitrogens is 2. The molecule has 0 bridgehead atoms. The van der Waals surface area contributed by atoms with Crippen LogP contribution in [0.2, 0.25) is 0 Å². The molecule has 4 nitrogen and oxygen atoms in total. The molecule has 0 aliphatic heterocycles. The Balaban J connectivity index is 1.70. The molecule has 0 atom stereocenters. The molecule has 4 heteroatoms. The number of nitrogens with zero attached hydrogens (tertiary/aromatic N) is 2. The van der Waals surface area contributed by atoms with Crippen LogP contribution < -0.4 is 5.32 Å². The molecule has 0 amide bonds. The Morgan fingerprint density at radius 2 is 2.47 bits per heavy atom. The highest BCUT2D eigenvalue weighted by Crippen LogP contribution is 2.18. The molecule has 0 radical (unpaired) electrons. The Kier molecular flexibility index (Phi) is 3.75. The summed E-state index contributed by atoms with van der Waals surface area (Å²) in [4.78, 5) is 0. The van der Waals surface area contributed by atoms with Crippen LogP contribution in [0.15, 0.2) is 12.3 Å². The van der Waals surface area contributed by atoms with Crippen molar-refractivity contribution < 1.29 is 4.74 Å². The SMILES string of the molecule is CCOCCn1ccc(CNC2CC2)n1. The van der Waals surface area contributed by atoms with Crippen molar-refractivity contribution in [3.05, 3.63) is 18.0 Å². The fourth-order valence-electron chi connectivity index (χ4n) is 1.46. The van der Waals surface area contributed by atoms with Crippen LogP contribution in [0.5, 0.6) is 0 Å². The fraction of sp³-hybridized carbons (Fsp3) is 0.727. The Labute approximate surface area is 90.6 Å². The molecule has 0 unspecified atom stereocenters. The van der Waals surface area contributed by atoms with Crippen LogP contribution in [0.4, 0.5) is 0 Å². The summed E-state index contributed by atoms with van der Waals surface area (Å²) >= 11 is 0. The number of ether oxygens (including phenoxy) is 1. The maximum Gasteiger partial charge on any atom is 0.0762 e. The van der Waals surface area contributed by atoms with Crippen molar-refractivity contribution in [1.82, 2.24) is 15.1 Å². The Morgan fingerprint density at radius 1 is 1.60 bits per heavy atom. The van der Waals surface area contributed by atoms with Gasteiger partial charge in [0.1, 0.15) is 0 Å². The van der Waals surface area contributed by atoms with E-state index >= 15 is 0 Å². The lowest BCUT2D eigenvalue weighted by atomic mass is 10.4. The van der Waals surface area contributed by atoms with Crippen molar-refractivity contribution in [2.75, 3.05) is 13.2 Å². The molecular formula is C11H19N3O. The van der Waals surface area contributed by atoms with Gasteiger partial charge in [0.15, 0.2) is 0 Å². The summed E-state index contributed by atoms with van der Waals surface area (Å²) in [5.74, 6) is 0. The van der Waals surface area contributed by atoms with E-state index in [4.69, 9.17) is 4.74 Å². The smallest absolute Gasteiger partial charge is 0.0762 e. The van der Waals surface area contributed by atoms with Crippen LogP contribution in [-0.4, -0.2) is 29.0 Å². The van der Waals surface area contributed by atoms with Crippen molar-refractivity contribution in [1.29, 1.82) is 0 Å². The minimum Gasteiger partial charge on any atom is -0.380 e. The maximum atomic E-state index is 5.28. The van der Waals surface area contributed by atoms with Gasteiger partial charge < -0.3 is 10.1 Å². The Bertz CT molecular complexity index is 294. The molecule has 1 aliphatic carbocycles. The van der Waals surface area contributed by atoms with Crippen molar-refractivity contribution in [3.8, 4) is 0 Å². The van der Waals surface area contributed by atoms with E-state index in [-0.39, 0.29) is 0 Å². The van der Waals surface area contributed by atoms with E-state index in [2.05, 4.69) is 16.5 Å². The van der Waals surface area contributed by atoms with Gasteiger partial charge in [-0.15, -0.1) is 0 Å². The van der Waals surface area contributed by atoms with Gasteiger partial charge in [-0.2, -0.15) is 5.10 Å². The average Bonchev–Trinajstić information content (AvgIpc) is 2.97. The molecule has 1 heterocycles. The highest BCUT2D eigenvalue weighted by atomic mass is 16.5. The first-order valence-corrected chi connectivity index (χ1v) is 5.72. The summed E-state index contributed by atoms with van der Waals surface area (Å²) in [6.45, 7) is 5.27. The molecule has 15 heavy (non-hydrogen) atoms. The largest absolute Gasteiger partial charge is 0.380 e. The van der Waals surface area contributed by atoms with Crippen LogP contribution in [-0.2, 0) is 17.8 Å². The third-order valence-electron chi connectivity index (χ3n) is 2.51. The van der Waals surface area contributed by atoms with E-state index in [1.54, 1.807) is 0 Å². The second kappa shape index (κ2) is 5.28. The molecule has 84 valence electrons. The summed E-state index contributed by atoms with van der Waals surface area (Å²) in [6, 6.07) is 2.82. The second-order valence-electron chi connectivity index (χ2n) is 3.92. The molecular weight excluding hydrogens is 190 g/mol. The summed E-state index contributed by atoms with van der Waals surface area (Å²) in [6.07, 6.45) is 4.67. The van der Waals surface area contributed by atoms with Crippen molar-refractivity contribution in [3.63, 3.8) is 0 Å². The van der Waals surface area contributed by atoms with Crippen LogP contribution in [0.25, 0.3) is 0 Å². The van der Waals surface area contributed by atoms with E-state index < -0.39 is 0 Å². The minimum absolute atomic E-state index is 0.744. The van der Waals surface area contributed by atoms with Gasteiger partial charge in [0.2, 0.25) is 0 Å². The van der Waals surface area contributed by atoms with Gasteiger partial charge in [0.05, 0.1) is 18.8 Å². The third kappa shape index (κ3) is 3.64. The highest BCUT2D eigenvalue weighted by Gasteiger charge is 2.20. The first-order chi connectivity index (χ1) is 7.38. The van der Waals surface area contributed by atoms with E-state index in [1.165, 1.54) is 12.8 Å². The quantitative estimate of drug-likeness (QED) is 0.685. The highest BCUT2D eigenvalue weighted by molar-refractivity contribution is 4.99. The molecule has 1 saturated carbocycles. The predicted molar refractivity (Wildman–Crippen MR) is 58.6 cm³/mol. The lowest BCUT2D eigenvalue weighted by Crippen LogP contribution is -2.16. The van der Waals surface area contributed by atoms with Crippen molar-refractivity contribution in [2.45, 2.75) is 38.9 Å². The van der Waals surface area contributed by atoms with Crippen molar-refractivity contribution in [2.24, 2.45) is 0 Å². The summed E-state index contributed by atoms with van der Waals surface area (Å²) in [5.41, 5.74) is 1.12. The number of hydrogen-bond donors (Lipinski definition) is 1. The monoisotopic (exact) mass is 209 g/mol. The van der Waals surface area contributed by atoms with Crippen LogP contribution in [0.1, 0.15) is 25.5 Å². The maximum absolute atomic E-state index is 5.28. The zero-order valence-corrected chi connectivity index (χ0v) is 9.28. The van der Waals surface area contributed by atoms with Crippen LogP contribution in [0.3, 0.4) is 0 Å². The summed E-state index contributed by atoms with van der Waals surface area (Å²) < 4.78 is 7.22. The Hall–Kier alpha value is -0.870. The zero-order valence-electron chi connectivity index (χ0n) is 9.28. The van der Waals surface area contributed by atoms with Gasteiger partial charge in [-0.3, -0.25) is 4.68 Å². The van der Waals surface area contributed by atoms with Gasteiger partial charge in [0, 0.05) is 25.4 Å². The summed E-state index contributed by atoms with van der Waals surface area (Å²) in [5, 5.41) is 7.90. The standard InChI is InChI=1S/C11H19N3O/c1-2-15-8-7-14-6-5-11(13-14)9-12-10-3-4-10/h5-6,10,12H,2-4,7-9H2,1H3. The molecule has 0 spiro atoms. The van der Waals surface area contributed by atoms with Crippen LogP contribution in [0, 0.1) is 0 Å². The van der Waals surface area contributed by atoms with Crippen molar-refractivity contribution >= 4 is 0 Å². The van der Waals surface area contributed by atoms with Gasteiger partial charge in [-0.25, -0.2) is 0 Å². The van der Waals surface area contributed by atoms with Gasteiger partial charge >= 0.3 is 0 Å². The lowest BCUT2D eigenvalue weighted by Gasteiger charge is -2.01. The van der Waals surface area contributed by atoms with Gasteiger partial charge in [-0.1, -0.05) is 0 Å².